The molecule has 446 valence electrons. The molecule has 10 N–H and O–H groups in total. The Kier molecular flexibility index (Phi) is 27.8. The fourth-order valence-electron chi connectivity index (χ4n) is 7.34. The largest absolute Gasteiger partial charge is 0.491 e. The second-order valence-corrected chi connectivity index (χ2v) is 19.3. The van der Waals surface area contributed by atoms with E-state index in [0.29, 0.717) is 18.8 Å². The molecule has 2 unspecified atom stereocenters. The van der Waals surface area contributed by atoms with Gasteiger partial charge in [-0.3, -0.25) is 0 Å². The SMILES string of the molecule is CC(C)(c1ccc(OCCO)cc1)c1ccc(OCCO)cc1.CC(O)COc1ccc(C(C)(C)c2ccc(OCC(C)O)cc2)cc1.O=C(O)c1ccc(C(=O)O)c(C(=O)O)c1.O=C(O)c1ccc(C(=O)O)cc1.O=C(O)c1ccccc1. The minimum absolute atomic E-state index is 0.0119. The molecule has 2 atom stereocenters. The fourth-order valence-corrected chi connectivity index (χ4v) is 7.34. The van der Waals surface area contributed by atoms with Crippen LogP contribution in [0.15, 0.2) is 170 Å². The Morgan fingerprint density at radius 3 is 0.881 bits per heavy atom. The second-order valence-electron chi connectivity index (χ2n) is 19.3. The van der Waals surface area contributed by atoms with Crippen LogP contribution in [0.3, 0.4) is 0 Å². The van der Waals surface area contributed by atoms with Crippen molar-refractivity contribution in [3.8, 4) is 23.0 Å². The van der Waals surface area contributed by atoms with Crippen molar-refractivity contribution in [3.63, 3.8) is 0 Å². The summed E-state index contributed by atoms with van der Waals surface area (Å²) in [6.45, 7) is 13.3. The third kappa shape index (κ3) is 22.7. The van der Waals surface area contributed by atoms with E-state index < -0.39 is 59.2 Å². The average molecular weight is 1160 g/mol. The molecule has 20 nitrogen and oxygen atoms in total. The molecule has 20 heteroatoms. The Morgan fingerprint density at radius 1 is 0.357 bits per heavy atom. The first kappa shape index (κ1) is 68.7. The van der Waals surface area contributed by atoms with Gasteiger partial charge in [0.1, 0.15) is 49.4 Å². The van der Waals surface area contributed by atoms with Crippen molar-refractivity contribution < 1.29 is 98.8 Å². The van der Waals surface area contributed by atoms with E-state index in [1.54, 1.807) is 44.2 Å². The zero-order chi connectivity index (χ0) is 62.6. The molecule has 0 amide bonds. The summed E-state index contributed by atoms with van der Waals surface area (Å²) in [4.78, 5) is 62.6. The molecule has 0 aliphatic carbocycles. The second kappa shape index (κ2) is 34.0. The van der Waals surface area contributed by atoms with E-state index in [1.807, 2.05) is 72.8 Å². The summed E-state index contributed by atoms with van der Waals surface area (Å²) in [6, 6.07) is 47.9. The van der Waals surface area contributed by atoms with Gasteiger partial charge < -0.3 is 70.0 Å². The summed E-state index contributed by atoms with van der Waals surface area (Å²) in [5.41, 5.74) is 3.65. The van der Waals surface area contributed by atoms with Crippen molar-refractivity contribution in [3.05, 3.63) is 225 Å². The fraction of sp³-hybridized carbons (Fsp3) is 0.250. The van der Waals surface area contributed by atoms with Gasteiger partial charge in [-0.2, -0.15) is 0 Å². The van der Waals surface area contributed by atoms with Crippen LogP contribution in [-0.4, -0.2) is 139 Å². The highest BCUT2D eigenvalue weighted by atomic mass is 16.5. The van der Waals surface area contributed by atoms with E-state index in [0.717, 1.165) is 41.2 Å². The van der Waals surface area contributed by atoms with Crippen LogP contribution in [0.4, 0.5) is 0 Å². The van der Waals surface area contributed by atoms with E-state index in [1.165, 1.54) is 46.5 Å². The highest BCUT2D eigenvalue weighted by Gasteiger charge is 2.25. The Hall–Kier alpha value is -9.60. The standard InChI is InChI=1S/C21H28O4.C19H24O4.C9H6O6.C8H6O4.C7H6O2/c1-15(22)13-24-19-9-5-17(6-10-19)21(3,4)18-7-11-20(12-8-18)25-14-16(2)23;1-19(2,15-3-7-17(8-4-15)22-13-11-20)16-5-9-18(10-6-16)23-14-12-21;10-7(11)4-1-2-5(8(12)13)6(3-4)9(14)15;9-7(10)5-1-2-6(4-3-5)8(11)12;8-7(9)6-4-2-1-3-5-6/h5-12,15-16,22-23H,13-14H2,1-4H3;3-10,20-21H,11-14H2,1-2H3;1-3H,(H,10,11)(H,12,13)(H,14,15);1-4H,(H,9,10)(H,11,12);1-5H,(H,8,9). The maximum Gasteiger partial charge on any atom is 0.336 e. The number of aliphatic hydroxyl groups is 4. The molecule has 0 fully saturated rings. The van der Waals surface area contributed by atoms with Crippen LogP contribution in [-0.2, 0) is 10.8 Å². The zero-order valence-corrected chi connectivity index (χ0v) is 47.1. The van der Waals surface area contributed by atoms with Crippen molar-refractivity contribution in [1.82, 2.24) is 0 Å². The van der Waals surface area contributed by atoms with Crippen molar-refractivity contribution in [2.45, 2.75) is 64.6 Å². The van der Waals surface area contributed by atoms with Crippen LogP contribution in [0.5, 0.6) is 23.0 Å². The number of aromatic carboxylic acids is 6. The maximum absolute atomic E-state index is 10.6. The van der Waals surface area contributed by atoms with Gasteiger partial charge in [0.05, 0.1) is 58.8 Å². The Labute approximate surface area is 485 Å². The van der Waals surface area contributed by atoms with Gasteiger partial charge in [0.15, 0.2) is 0 Å². The average Bonchev–Trinajstić information content (AvgIpc) is 3.60. The molecule has 0 radical (unpaired) electrons. The van der Waals surface area contributed by atoms with Crippen LogP contribution in [0.25, 0.3) is 0 Å². The molecule has 0 aliphatic heterocycles. The summed E-state index contributed by atoms with van der Waals surface area (Å²) in [6.07, 6.45) is -0.962. The first-order valence-corrected chi connectivity index (χ1v) is 25.9. The molecule has 84 heavy (non-hydrogen) atoms. The minimum atomic E-state index is -1.48. The van der Waals surface area contributed by atoms with Crippen LogP contribution in [0.2, 0.25) is 0 Å². The first-order chi connectivity index (χ1) is 39.7. The third-order valence-electron chi connectivity index (χ3n) is 12.1. The highest BCUT2D eigenvalue weighted by Crippen LogP contribution is 2.35. The van der Waals surface area contributed by atoms with Crippen LogP contribution < -0.4 is 18.9 Å². The molecule has 0 aromatic heterocycles. The number of carboxylic acids is 6. The monoisotopic (exact) mass is 1160 g/mol. The normalized spacial score (nSPS) is 11.3. The van der Waals surface area contributed by atoms with Gasteiger partial charge in [-0.15, -0.1) is 0 Å². The number of benzene rings is 7. The molecule has 7 aromatic rings. The number of carbonyl (C=O) groups is 6. The van der Waals surface area contributed by atoms with Crippen molar-refractivity contribution in [2.75, 3.05) is 39.6 Å². The van der Waals surface area contributed by atoms with Crippen LogP contribution in [0.1, 0.15) is 126 Å². The lowest BCUT2D eigenvalue weighted by Crippen LogP contribution is -2.19. The summed E-state index contributed by atoms with van der Waals surface area (Å²) >= 11 is 0. The first-order valence-electron chi connectivity index (χ1n) is 25.9. The van der Waals surface area contributed by atoms with Gasteiger partial charge in [0.2, 0.25) is 0 Å². The molecule has 0 saturated heterocycles. The summed E-state index contributed by atoms with van der Waals surface area (Å²) < 4.78 is 21.8. The van der Waals surface area contributed by atoms with Crippen molar-refractivity contribution >= 4 is 35.8 Å². The lowest BCUT2D eigenvalue weighted by Gasteiger charge is -2.26. The molecular formula is C64H70O20. The lowest BCUT2D eigenvalue weighted by atomic mass is 9.78. The lowest BCUT2D eigenvalue weighted by molar-refractivity contribution is 0.0649. The number of hydrogen-bond donors (Lipinski definition) is 10. The molecule has 7 rings (SSSR count). The van der Waals surface area contributed by atoms with Crippen molar-refractivity contribution in [1.29, 1.82) is 0 Å². The molecule has 0 aliphatic rings. The number of ether oxygens (including phenoxy) is 4. The van der Waals surface area contributed by atoms with Crippen LogP contribution >= 0.6 is 0 Å². The van der Waals surface area contributed by atoms with E-state index in [4.69, 9.17) is 59.8 Å². The highest BCUT2D eigenvalue weighted by molar-refractivity contribution is 6.03. The van der Waals surface area contributed by atoms with E-state index in [9.17, 15) is 39.0 Å². The quantitative estimate of drug-likeness (QED) is 0.0302. The zero-order valence-electron chi connectivity index (χ0n) is 47.1. The number of carboxylic acid groups (broad SMARTS) is 6. The van der Waals surface area contributed by atoms with E-state index in [-0.39, 0.29) is 53.9 Å². The predicted octanol–water partition coefficient (Wildman–Crippen LogP) is 9.54. The minimum Gasteiger partial charge on any atom is -0.491 e. The molecule has 0 saturated carbocycles. The Balaban J connectivity index is 0.000000288. The van der Waals surface area contributed by atoms with Gasteiger partial charge in [-0.1, -0.05) is 94.4 Å². The van der Waals surface area contributed by atoms with Gasteiger partial charge in [-0.25, -0.2) is 28.8 Å². The van der Waals surface area contributed by atoms with Gasteiger partial charge >= 0.3 is 35.8 Å². The van der Waals surface area contributed by atoms with Gasteiger partial charge in [-0.05, 0) is 139 Å². The number of rotatable bonds is 22. The summed E-state index contributed by atoms with van der Waals surface area (Å²) in [5.74, 6) is -4.19. The van der Waals surface area contributed by atoms with Gasteiger partial charge in [0.25, 0.3) is 0 Å². The summed E-state index contributed by atoms with van der Waals surface area (Å²) in [7, 11) is 0. The molecule has 0 spiro atoms. The molecule has 0 bridgehead atoms. The Morgan fingerprint density at radius 2 is 0.631 bits per heavy atom. The summed E-state index contributed by atoms with van der Waals surface area (Å²) in [5, 5.41) is 87.3. The van der Waals surface area contributed by atoms with Gasteiger partial charge in [0, 0.05) is 10.8 Å². The smallest absolute Gasteiger partial charge is 0.336 e. The number of aliphatic hydroxyl groups excluding tert-OH is 4. The topological polar surface area (TPSA) is 342 Å². The van der Waals surface area contributed by atoms with Crippen molar-refractivity contribution in [2.24, 2.45) is 0 Å². The maximum atomic E-state index is 10.6. The predicted molar refractivity (Wildman–Crippen MR) is 311 cm³/mol. The third-order valence-corrected chi connectivity index (χ3v) is 12.1. The van der Waals surface area contributed by atoms with Crippen LogP contribution in [0, 0.1) is 0 Å². The molecule has 7 aromatic carbocycles. The molecule has 0 heterocycles. The van der Waals surface area contributed by atoms with E-state index >= 15 is 0 Å². The molecular weight excluding hydrogens is 1090 g/mol. The van der Waals surface area contributed by atoms with E-state index in [2.05, 4.69) is 52.0 Å². The Bertz CT molecular complexity index is 3030. The number of hydrogen-bond acceptors (Lipinski definition) is 14.